The molecule has 0 spiro atoms. The number of benzene rings is 2. The molecule has 0 radical (unpaired) electrons. The van der Waals surface area contributed by atoms with Crippen LogP contribution in [0.15, 0.2) is 42.5 Å². The number of carbonyl (C=O) groups is 1. The fourth-order valence-corrected chi connectivity index (χ4v) is 6.50. The Labute approximate surface area is 199 Å². The molecule has 0 N–H and O–H groups in total. The third-order valence-electron chi connectivity index (χ3n) is 7.31. The second-order valence-electron chi connectivity index (χ2n) is 9.33. The summed E-state index contributed by atoms with van der Waals surface area (Å²) in [4.78, 5) is 14.3. The number of methoxy groups -OCH3 is 1. The summed E-state index contributed by atoms with van der Waals surface area (Å²) in [6.07, 6.45) is 7.25. The highest BCUT2D eigenvalue weighted by atomic mass is 32.1. The van der Waals surface area contributed by atoms with E-state index in [0.717, 1.165) is 19.4 Å². The quantitative estimate of drug-likeness (QED) is 0.284. The highest BCUT2D eigenvalue weighted by molar-refractivity contribution is 7.13. The fourth-order valence-electron chi connectivity index (χ4n) is 5.65. The molecule has 174 valence electrons. The Kier molecular flexibility index (Phi) is 6.65. The number of ether oxygens (including phenoxy) is 2. The molecule has 0 aliphatic carbocycles. The van der Waals surface area contributed by atoms with Crippen molar-refractivity contribution >= 4 is 27.4 Å². The number of piperidine rings is 1. The lowest BCUT2D eigenvalue weighted by Crippen LogP contribution is -2.42. The number of nitrogens with zero attached hydrogens (tertiary/aromatic N) is 2. The van der Waals surface area contributed by atoms with Gasteiger partial charge in [0.2, 0.25) is 0 Å². The lowest BCUT2D eigenvalue weighted by atomic mass is 9.86. The van der Waals surface area contributed by atoms with Gasteiger partial charge in [-0.25, -0.2) is 0 Å². The van der Waals surface area contributed by atoms with E-state index in [1.807, 2.05) is 6.07 Å². The van der Waals surface area contributed by atoms with E-state index in [1.165, 1.54) is 41.5 Å². The van der Waals surface area contributed by atoms with Crippen molar-refractivity contribution in [3.63, 3.8) is 0 Å². The third-order valence-corrected chi connectivity index (χ3v) is 8.16. The molecule has 2 aliphatic heterocycles. The van der Waals surface area contributed by atoms with Crippen LogP contribution in [0.5, 0.6) is 11.5 Å². The number of fused-ring (bicyclic) bond motifs is 3. The van der Waals surface area contributed by atoms with E-state index >= 15 is 0 Å². The summed E-state index contributed by atoms with van der Waals surface area (Å²) < 4.78 is 17.5. The maximum Gasteiger partial charge on any atom is 0.161 e. The summed E-state index contributed by atoms with van der Waals surface area (Å²) in [5, 5.41) is 1.37. The summed E-state index contributed by atoms with van der Waals surface area (Å²) in [5.41, 5.74) is 1.98. The Bertz CT molecular complexity index is 1110. The maximum atomic E-state index is 11.6. The van der Waals surface area contributed by atoms with Gasteiger partial charge < -0.3 is 9.47 Å². The first kappa shape index (κ1) is 22.4. The van der Waals surface area contributed by atoms with Crippen molar-refractivity contribution < 1.29 is 14.3 Å². The Hall–Kier alpha value is -2.44. The van der Waals surface area contributed by atoms with E-state index in [9.17, 15) is 4.79 Å². The van der Waals surface area contributed by atoms with Gasteiger partial charge in [-0.15, -0.1) is 0 Å². The first-order valence-electron chi connectivity index (χ1n) is 12.1. The van der Waals surface area contributed by atoms with Crippen LogP contribution in [0.4, 0.5) is 0 Å². The summed E-state index contributed by atoms with van der Waals surface area (Å²) in [6, 6.07) is 15.4. The van der Waals surface area contributed by atoms with Gasteiger partial charge in [-0.2, -0.15) is 4.37 Å². The van der Waals surface area contributed by atoms with Crippen LogP contribution in [-0.4, -0.2) is 47.4 Å². The molecule has 3 heterocycles. The van der Waals surface area contributed by atoms with E-state index in [4.69, 9.17) is 13.8 Å². The SMILES string of the molecule is COc1cc(C(C)=O)ccc1OCCCCN1C2CCC1CC(c1nsc3ccccc13)C2. The van der Waals surface area contributed by atoms with Crippen molar-refractivity contribution in [1.29, 1.82) is 0 Å². The van der Waals surface area contributed by atoms with Gasteiger partial charge in [-0.05, 0) is 87.8 Å². The molecule has 5 nitrogen and oxygen atoms in total. The molecule has 2 aliphatic rings. The lowest BCUT2D eigenvalue weighted by Gasteiger charge is -2.38. The van der Waals surface area contributed by atoms with Crippen LogP contribution >= 0.6 is 11.5 Å². The van der Waals surface area contributed by atoms with Gasteiger partial charge in [0, 0.05) is 29.0 Å². The van der Waals surface area contributed by atoms with E-state index < -0.39 is 0 Å². The largest absolute Gasteiger partial charge is 0.493 e. The zero-order valence-electron chi connectivity index (χ0n) is 19.5. The van der Waals surface area contributed by atoms with Crippen molar-refractivity contribution in [3.8, 4) is 11.5 Å². The van der Waals surface area contributed by atoms with E-state index in [1.54, 1.807) is 37.7 Å². The van der Waals surface area contributed by atoms with Gasteiger partial charge in [0.15, 0.2) is 17.3 Å². The average Bonchev–Trinajstić information content (AvgIpc) is 3.36. The summed E-state index contributed by atoms with van der Waals surface area (Å²) in [5.74, 6) is 1.96. The van der Waals surface area contributed by atoms with Crippen LogP contribution in [0.1, 0.15) is 67.4 Å². The number of Topliss-reactive ketones (excluding diaryl/α,β-unsaturated/α-hetero) is 1. The molecule has 3 aromatic rings. The minimum Gasteiger partial charge on any atom is -0.493 e. The molecule has 0 saturated carbocycles. The minimum absolute atomic E-state index is 0.0289. The molecule has 33 heavy (non-hydrogen) atoms. The number of aromatic nitrogens is 1. The smallest absolute Gasteiger partial charge is 0.161 e. The Balaban J connectivity index is 1.12. The molecule has 0 amide bonds. The predicted octanol–water partition coefficient (Wildman–Crippen LogP) is 6.08. The standard InChI is InChI=1S/C27H32N2O3S/c1-18(30)19-9-12-24(25(17-19)31-2)32-14-6-5-13-29-21-10-11-22(29)16-20(15-21)27-23-7-3-4-8-26(23)33-28-27/h3-4,7-9,12,17,20-22H,5-6,10-11,13-16H2,1-2H3. The van der Waals surface area contributed by atoms with Gasteiger partial charge in [-0.3, -0.25) is 9.69 Å². The molecule has 2 bridgehead atoms. The van der Waals surface area contributed by atoms with Crippen molar-refractivity contribution in [2.45, 2.75) is 63.5 Å². The molecule has 2 atom stereocenters. The minimum atomic E-state index is 0.0289. The van der Waals surface area contributed by atoms with Crippen LogP contribution < -0.4 is 9.47 Å². The van der Waals surface area contributed by atoms with Crippen LogP contribution in [0.25, 0.3) is 10.1 Å². The molecule has 5 rings (SSSR count). The normalized spacial score (nSPS) is 22.5. The van der Waals surface area contributed by atoms with Crippen molar-refractivity contribution in [2.75, 3.05) is 20.3 Å². The van der Waals surface area contributed by atoms with E-state index in [-0.39, 0.29) is 5.78 Å². The molecular weight excluding hydrogens is 432 g/mol. The molecule has 2 saturated heterocycles. The van der Waals surface area contributed by atoms with Gasteiger partial charge in [0.1, 0.15) is 0 Å². The molecular formula is C27H32N2O3S. The third kappa shape index (κ3) is 4.64. The van der Waals surface area contributed by atoms with Crippen LogP contribution in [-0.2, 0) is 0 Å². The maximum absolute atomic E-state index is 11.6. The van der Waals surface area contributed by atoms with E-state index in [0.29, 0.717) is 41.7 Å². The van der Waals surface area contributed by atoms with Crippen molar-refractivity contribution in [1.82, 2.24) is 9.27 Å². The zero-order valence-corrected chi connectivity index (χ0v) is 20.3. The fraction of sp³-hybridized carbons (Fsp3) is 0.481. The van der Waals surface area contributed by atoms with Crippen molar-refractivity contribution in [2.24, 2.45) is 0 Å². The van der Waals surface area contributed by atoms with Crippen LogP contribution in [0.3, 0.4) is 0 Å². The predicted molar refractivity (Wildman–Crippen MR) is 133 cm³/mol. The molecule has 2 unspecified atom stereocenters. The first-order chi connectivity index (χ1) is 16.1. The van der Waals surface area contributed by atoms with Crippen LogP contribution in [0.2, 0.25) is 0 Å². The molecule has 2 aromatic carbocycles. The summed E-state index contributed by atoms with van der Waals surface area (Å²) in [6.45, 7) is 3.36. The van der Waals surface area contributed by atoms with Gasteiger partial charge >= 0.3 is 0 Å². The molecule has 2 fully saturated rings. The Morgan fingerprint density at radius 1 is 1.09 bits per heavy atom. The highest BCUT2D eigenvalue weighted by Gasteiger charge is 2.41. The van der Waals surface area contributed by atoms with E-state index in [2.05, 4.69) is 29.2 Å². The number of hydrogen-bond acceptors (Lipinski definition) is 6. The Morgan fingerprint density at radius 2 is 1.88 bits per heavy atom. The Morgan fingerprint density at radius 3 is 2.64 bits per heavy atom. The number of ketones is 1. The van der Waals surface area contributed by atoms with Gasteiger partial charge in [0.05, 0.1) is 24.1 Å². The van der Waals surface area contributed by atoms with Crippen molar-refractivity contribution in [3.05, 3.63) is 53.7 Å². The summed E-state index contributed by atoms with van der Waals surface area (Å²) in [7, 11) is 1.61. The second kappa shape index (κ2) is 9.82. The first-order valence-corrected chi connectivity index (χ1v) is 12.8. The second-order valence-corrected chi connectivity index (χ2v) is 10.1. The average molecular weight is 465 g/mol. The number of carbonyl (C=O) groups excluding carboxylic acids is 1. The topological polar surface area (TPSA) is 51.7 Å². The highest BCUT2D eigenvalue weighted by Crippen LogP contribution is 2.44. The number of rotatable bonds is 9. The molecule has 6 heteroatoms. The number of unbranched alkanes of at least 4 members (excludes halogenated alkanes) is 1. The monoisotopic (exact) mass is 464 g/mol. The van der Waals surface area contributed by atoms with Crippen LogP contribution in [0, 0.1) is 0 Å². The molecule has 1 aromatic heterocycles. The van der Waals surface area contributed by atoms with Gasteiger partial charge in [-0.1, -0.05) is 18.2 Å². The zero-order chi connectivity index (χ0) is 22.8. The van der Waals surface area contributed by atoms with Gasteiger partial charge in [0.25, 0.3) is 0 Å². The lowest BCUT2D eigenvalue weighted by molar-refractivity contribution is 0.101. The summed E-state index contributed by atoms with van der Waals surface area (Å²) >= 11 is 1.65. The number of hydrogen-bond donors (Lipinski definition) is 0.